The van der Waals surface area contributed by atoms with Gasteiger partial charge in [-0.15, -0.1) is 24.0 Å². The zero-order chi connectivity index (χ0) is 20.2. The van der Waals surface area contributed by atoms with Crippen molar-refractivity contribution in [1.82, 2.24) is 20.9 Å². The van der Waals surface area contributed by atoms with Crippen LogP contribution in [0.15, 0.2) is 29.3 Å². The van der Waals surface area contributed by atoms with Crippen molar-refractivity contribution in [1.29, 1.82) is 0 Å². The monoisotopic (exact) mass is 535 g/mol. The van der Waals surface area contributed by atoms with Crippen molar-refractivity contribution in [2.24, 2.45) is 4.99 Å². The van der Waals surface area contributed by atoms with E-state index >= 15 is 0 Å². The summed E-state index contributed by atoms with van der Waals surface area (Å²) in [7, 11) is 1.80. The largest absolute Gasteiger partial charge is 0.356 e. The van der Waals surface area contributed by atoms with Gasteiger partial charge in [0.25, 0.3) is 0 Å². The standard InChI is InChI=1S/C21H34ClN5O.HI/c1-3-12-24-20(28)16-27-14-10-18(11-15-27)26-21(23-2)25-13-6-8-17-7-4-5-9-19(17)22;/h4-5,7,9,18H,3,6,8,10-16H2,1-2H3,(H,24,28)(H2,23,25,26);1H. The van der Waals surface area contributed by atoms with Gasteiger partial charge in [-0.1, -0.05) is 36.7 Å². The topological polar surface area (TPSA) is 68.8 Å². The van der Waals surface area contributed by atoms with E-state index < -0.39 is 0 Å². The number of piperidine rings is 1. The molecule has 2 rings (SSSR count). The molecule has 1 fully saturated rings. The maximum atomic E-state index is 11.8. The fourth-order valence-electron chi connectivity index (χ4n) is 3.33. The molecule has 1 saturated heterocycles. The molecule has 8 heteroatoms. The highest BCUT2D eigenvalue weighted by molar-refractivity contribution is 14.0. The van der Waals surface area contributed by atoms with Gasteiger partial charge in [0, 0.05) is 44.3 Å². The zero-order valence-electron chi connectivity index (χ0n) is 17.5. The third-order valence-electron chi connectivity index (χ3n) is 4.96. The van der Waals surface area contributed by atoms with Crippen LogP contribution in [-0.4, -0.2) is 62.6 Å². The molecule has 0 aliphatic carbocycles. The average Bonchev–Trinajstić information content (AvgIpc) is 2.71. The highest BCUT2D eigenvalue weighted by atomic mass is 127. The molecule has 1 heterocycles. The first-order valence-electron chi connectivity index (χ1n) is 10.3. The molecule has 0 aromatic heterocycles. The summed E-state index contributed by atoms with van der Waals surface area (Å²) in [5.41, 5.74) is 1.18. The highest BCUT2D eigenvalue weighted by Gasteiger charge is 2.21. The van der Waals surface area contributed by atoms with Gasteiger partial charge in [0.2, 0.25) is 5.91 Å². The molecule has 0 bridgehead atoms. The van der Waals surface area contributed by atoms with E-state index in [1.807, 2.05) is 18.2 Å². The number of rotatable bonds is 9. The second-order valence-corrected chi connectivity index (χ2v) is 7.65. The van der Waals surface area contributed by atoms with Gasteiger partial charge in [-0.2, -0.15) is 0 Å². The molecule has 0 unspecified atom stereocenters. The molecule has 0 spiro atoms. The summed E-state index contributed by atoms with van der Waals surface area (Å²) in [5.74, 6) is 0.975. The molecule has 1 aromatic carbocycles. The molecule has 3 N–H and O–H groups in total. The number of nitrogens with zero attached hydrogens (tertiary/aromatic N) is 2. The summed E-state index contributed by atoms with van der Waals surface area (Å²) in [5, 5.41) is 10.7. The minimum Gasteiger partial charge on any atom is -0.356 e. The Morgan fingerprint density at radius 3 is 2.59 bits per heavy atom. The fourth-order valence-corrected chi connectivity index (χ4v) is 3.56. The smallest absolute Gasteiger partial charge is 0.234 e. The third-order valence-corrected chi connectivity index (χ3v) is 5.33. The Kier molecular flexibility index (Phi) is 13.3. The van der Waals surface area contributed by atoms with Gasteiger partial charge < -0.3 is 16.0 Å². The number of carbonyl (C=O) groups is 1. The van der Waals surface area contributed by atoms with Crippen LogP contribution in [0.2, 0.25) is 5.02 Å². The minimum absolute atomic E-state index is 0. The van der Waals surface area contributed by atoms with Crippen LogP contribution < -0.4 is 16.0 Å². The predicted octanol–water partition coefficient (Wildman–Crippen LogP) is 3.05. The van der Waals surface area contributed by atoms with Crippen molar-refractivity contribution in [3.8, 4) is 0 Å². The predicted molar refractivity (Wildman–Crippen MR) is 132 cm³/mol. The van der Waals surface area contributed by atoms with Gasteiger partial charge in [-0.25, -0.2) is 0 Å². The van der Waals surface area contributed by atoms with Gasteiger partial charge >= 0.3 is 0 Å². The van der Waals surface area contributed by atoms with Crippen molar-refractivity contribution < 1.29 is 4.79 Å². The molecule has 0 saturated carbocycles. The lowest BCUT2D eigenvalue weighted by atomic mass is 10.1. The van der Waals surface area contributed by atoms with Crippen LogP contribution in [0.3, 0.4) is 0 Å². The first kappa shape index (κ1) is 26.0. The van der Waals surface area contributed by atoms with Crippen LogP contribution in [0.5, 0.6) is 0 Å². The summed E-state index contributed by atoms with van der Waals surface area (Å²) in [6, 6.07) is 8.38. The second-order valence-electron chi connectivity index (χ2n) is 7.24. The maximum absolute atomic E-state index is 11.8. The van der Waals surface area contributed by atoms with Crippen molar-refractivity contribution in [2.45, 2.75) is 45.1 Å². The number of nitrogens with one attached hydrogen (secondary N) is 3. The van der Waals surface area contributed by atoms with Gasteiger partial charge in [0.15, 0.2) is 5.96 Å². The van der Waals surface area contributed by atoms with Crippen LogP contribution in [0, 0.1) is 0 Å². The maximum Gasteiger partial charge on any atom is 0.234 e. The number of hydrogen-bond donors (Lipinski definition) is 3. The van der Waals surface area contributed by atoms with Gasteiger partial charge in [-0.05, 0) is 43.7 Å². The summed E-state index contributed by atoms with van der Waals surface area (Å²) in [4.78, 5) is 18.4. The minimum atomic E-state index is 0. The van der Waals surface area contributed by atoms with Crippen LogP contribution >= 0.6 is 35.6 Å². The van der Waals surface area contributed by atoms with Crippen molar-refractivity contribution >= 4 is 47.4 Å². The summed E-state index contributed by atoms with van der Waals surface area (Å²) in [6.07, 6.45) is 4.95. The highest BCUT2D eigenvalue weighted by Crippen LogP contribution is 2.16. The normalized spacial score (nSPS) is 15.5. The number of amides is 1. The molecule has 0 radical (unpaired) electrons. The van der Waals surface area contributed by atoms with Crippen LogP contribution in [0.4, 0.5) is 0 Å². The quantitative estimate of drug-likeness (QED) is 0.197. The lowest BCUT2D eigenvalue weighted by molar-refractivity contribution is -0.122. The summed E-state index contributed by atoms with van der Waals surface area (Å²) in [6.45, 7) is 6.04. The zero-order valence-corrected chi connectivity index (χ0v) is 20.6. The molecular weight excluding hydrogens is 501 g/mol. The number of guanidine groups is 1. The average molecular weight is 536 g/mol. The Labute approximate surface area is 197 Å². The fraction of sp³-hybridized carbons (Fsp3) is 0.619. The van der Waals surface area contributed by atoms with Crippen LogP contribution in [-0.2, 0) is 11.2 Å². The molecule has 1 amide bonds. The molecule has 1 aliphatic heterocycles. The number of benzene rings is 1. The molecule has 1 aromatic rings. The van der Waals surface area contributed by atoms with Crippen molar-refractivity contribution in [3.63, 3.8) is 0 Å². The summed E-state index contributed by atoms with van der Waals surface area (Å²) >= 11 is 6.20. The van der Waals surface area contributed by atoms with Gasteiger partial charge in [-0.3, -0.25) is 14.7 Å². The lowest BCUT2D eigenvalue weighted by Crippen LogP contribution is -2.50. The Morgan fingerprint density at radius 2 is 1.93 bits per heavy atom. The van der Waals surface area contributed by atoms with E-state index in [4.69, 9.17) is 11.6 Å². The molecule has 0 atom stereocenters. The molecular formula is C21H35ClIN5O. The molecule has 6 nitrogen and oxygen atoms in total. The van der Waals surface area contributed by atoms with E-state index in [0.717, 1.165) is 69.3 Å². The van der Waals surface area contributed by atoms with Gasteiger partial charge in [0.05, 0.1) is 6.54 Å². The first-order chi connectivity index (χ1) is 13.6. The SMILES string of the molecule is CCCNC(=O)CN1CCC(NC(=NC)NCCCc2ccccc2Cl)CC1.I. The van der Waals surface area contributed by atoms with Crippen molar-refractivity contribution in [2.75, 3.05) is 39.8 Å². The Hall–Kier alpha value is -1.06. The summed E-state index contributed by atoms with van der Waals surface area (Å²) < 4.78 is 0. The number of aryl methyl sites for hydroxylation is 1. The Morgan fingerprint density at radius 1 is 1.21 bits per heavy atom. The number of carbonyl (C=O) groups excluding carboxylic acids is 1. The second kappa shape index (κ2) is 14.8. The third kappa shape index (κ3) is 10.00. The molecule has 1 aliphatic rings. The number of aliphatic imine (C=N–C) groups is 1. The van der Waals surface area contributed by atoms with E-state index in [2.05, 4.69) is 38.8 Å². The number of halogens is 2. The van der Waals surface area contributed by atoms with Crippen LogP contribution in [0.25, 0.3) is 0 Å². The number of likely N-dealkylation sites (tertiary alicyclic amines) is 1. The molecule has 164 valence electrons. The van der Waals surface area contributed by atoms with Crippen molar-refractivity contribution in [3.05, 3.63) is 34.9 Å². The van der Waals surface area contributed by atoms with E-state index in [-0.39, 0.29) is 29.9 Å². The Bertz CT molecular complexity index is 635. The van der Waals surface area contributed by atoms with E-state index in [0.29, 0.717) is 12.6 Å². The van der Waals surface area contributed by atoms with Crippen LogP contribution in [0.1, 0.15) is 38.2 Å². The van der Waals surface area contributed by atoms with E-state index in [9.17, 15) is 4.79 Å². The molecule has 29 heavy (non-hydrogen) atoms. The Balaban J connectivity index is 0.00000420. The van der Waals surface area contributed by atoms with E-state index in [1.165, 1.54) is 5.56 Å². The van der Waals surface area contributed by atoms with Gasteiger partial charge in [0.1, 0.15) is 0 Å². The first-order valence-corrected chi connectivity index (χ1v) is 10.7. The number of hydrogen-bond acceptors (Lipinski definition) is 3. The van der Waals surface area contributed by atoms with E-state index in [1.54, 1.807) is 7.05 Å². The lowest BCUT2D eigenvalue weighted by Gasteiger charge is -2.32.